The maximum Gasteiger partial charge on any atom is 0.306 e. The Balaban J connectivity index is 4.44. The molecule has 0 spiro atoms. The first-order chi connectivity index (χ1) is 22.8. The molecular formula is C40H77NO7. The van der Waals surface area contributed by atoms with Gasteiger partial charge < -0.3 is 28.6 Å². The molecule has 0 amide bonds. The molecule has 2 atom stereocenters. The van der Waals surface area contributed by atoms with Crippen LogP contribution in [0.3, 0.4) is 0 Å². The molecule has 0 aliphatic heterocycles. The fourth-order valence-corrected chi connectivity index (χ4v) is 5.94. The van der Waals surface area contributed by atoms with Crippen molar-refractivity contribution in [3.63, 3.8) is 0 Å². The molecule has 0 heterocycles. The van der Waals surface area contributed by atoms with Crippen molar-refractivity contribution in [2.75, 3.05) is 47.5 Å². The molecule has 0 radical (unpaired) electrons. The zero-order valence-corrected chi connectivity index (χ0v) is 32.5. The zero-order chi connectivity index (χ0) is 36.0. The van der Waals surface area contributed by atoms with Crippen molar-refractivity contribution in [3.8, 4) is 0 Å². The average Bonchev–Trinajstić information content (AvgIpc) is 2.99. The molecule has 8 nitrogen and oxygen atoms in total. The molecule has 0 N–H and O–H groups in total. The molecule has 1 unspecified atom stereocenters. The molecule has 0 saturated carbocycles. The Morgan fingerprint density at radius 1 is 0.542 bits per heavy atom. The third-order valence-corrected chi connectivity index (χ3v) is 8.78. The number of hydrogen-bond donors (Lipinski definition) is 0. The molecule has 0 aliphatic carbocycles. The maximum absolute atomic E-state index is 12.6. The Kier molecular flexibility index (Phi) is 29.1. The number of carbonyl (C=O) groups is 3. The number of esters is 2. The predicted octanol–water partition coefficient (Wildman–Crippen LogP) is 8.42. The summed E-state index contributed by atoms with van der Waals surface area (Å²) < 4.78 is 17.3. The van der Waals surface area contributed by atoms with Gasteiger partial charge in [-0.2, -0.15) is 0 Å². The van der Waals surface area contributed by atoms with E-state index in [9.17, 15) is 19.5 Å². The lowest BCUT2D eigenvalue weighted by Gasteiger charge is -2.30. The van der Waals surface area contributed by atoms with Crippen molar-refractivity contribution >= 4 is 17.9 Å². The van der Waals surface area contributed by atoms with E-state index in [0.29, 0.717) is 23.9 Å². The lowest BCUT2D eigenvalue weighted by atomic mass is 10.0. The summed E-state index contributed by atoms with van der Waals surface area (Å²) in [5.74, 6) is -1.02. The van der Waals surface area contributed by atoms with Crippen LogP contribution in [0.25, 0.3) is 0 Å². The first-order valence-electron chi connectivity index (χ1n) is 19.7. The lowest BCUT2D eigenvalue weighted by molar-refractivity contribution is -0.873. The Bertz CT molecular complexity index is 793. The Hall–Kier alpha value is -1.67. The second-order valence-corrected chi connectivity index (χ2v) is 16.1. The summed E-state index contributed by atoms with van der Waals surface area (Å²) in [5.41, 5.74) is 0. The highest BCUT2D eigenvalue weighted by molar-refractivity contribution is 5.70. The van der Waals surface area contributed by atoms with Gasteiger partial charge in [-0.05, 0) is 24.7 Å². The normalized spacial score (nSPS) is 13.2. The van der Waals surface area contributed by atoms with Gasteiger partial charge in [-0.15, -0.1) is 0 Å². The summed E-state index contributed by atoms with van der Waals surface area (Å²) in [6.07, 6.45) is 23.7. The smallest absolute Gasteiger partial charge is 0.306 e. The number of carboxylic acid groups (broad SMARTS) is 1. The quantitative estimate of drug-likeness (QED) is 0.0381. The summed E-state index contributed by atoms with van der Waals surface area (Å²) >= 11 is 0. The number of unbranched alkanes of at least 4 members (excludes halogenated alkanes) is 16. The lowest BCUT2D eigenvalue weighted by Crippen LogP contribution is -2.47. The summed E-state index contributed by atoms with van der Waals surface area (Å²) in [4.78, 5) is 36.7. The number of quaternary nitrogens is 1. The van der Waals surface area contributed by atoms with Gasteiger partial charge in [-0.1, -0.05) is 143 Å². The molecule has 48 heavy (non-hydrogen) atoms. The number of hydrogen-bond acceptors (Lipinski definition) is 7. The van der Waals surface area contributed by atoms with Crippen LogP contribution in [-0.4, -0.2) is 76.0 Å². The molecule has 284 valence electrons. The van der Waals surface area contributed by atoms with Gasteiger partial charge in [0.05, 0.1) is 52.8 Å². The second-order valence-electron chi connectivity index (χ2n) is 16.1. The van der Waals surface area contributed by atoms with Gasteiger partial charge in [0.15, 0.2) is 6.10 Å². The van der Waals surface area contributed by atoms with E-state index in [4.69, 9.17) is 14.2 Å². The van der Waals surface area contributed by atoms with Crippen molar-refractivity contribution in [1.29, 1.82) is 0 Å². The molecule has 0 aliphatic rings. The number of carboxylic acids is 1. The molecule has 0 rings (SSSR count). The largest absolute Gasteiger partial charge is 0.550 e. The summed E-state index contributed by atoms with van der Waals surface area (Å²) in [5, 5.41) is 11.6. The third-order valence-electron chi connectivity index (χ3n) is 8.78. The Morgan fingerprint density at radius 2 is 0.938 bits per heavy atom. The Morgan fingerprint density at radius 3 is 1.33 bits per heavy atom. The number of nitrogens with zero attached hydrogens (tertiary/aromatic N) is 1. The van der Waals surface area contributed by atoms with Crippen LogP contribution >= 0.6 is 0 Å². The fraction of sp³-hybridized carbons (Fsp3) is 0.925. The Labute approximate surface area is 296 Å². The van der Waals surface area contributed by atoms with Gasteiger partial charge in [-0.25, -0.2) is 0 Å². The average molecular weight is 684 g/mol. The van der Waals surface area contributed by atoms with E-state index in [2.05, 4.69) is 27.7 Å². The van der Waals surface area contributed by atoms with E-state index in [-0.39, 0.29) is 31.8 Å². The van der Waals surface area contributed by atoms with Gasteiger partial charge in [0.25, 0.3) is 0 Å². The molecule has 0 fully saturated rings. The van der Waals surface area contributed by atoms with E-state index in [1.54, 1.807) is 0 Å². The van der Waals surface area contributed by atoms with Gasteiger partial charge in [-0.3, -0.25) is 9.59 Å². The highest BCUT2D eigenvalue weighted by atomic mass is 16.6. The molecule has 0 bridgehead atoms. The highest BCUT2D eigenvalue weighted by Crippen LogP contribution is 2.16. The zero-order valence-electron chi connectivity index (χ0n) is 32.5. The van der Waals surface area contributed by atoms with E-state index >= 15 is 0 Å². The first-order valence-corrected chi connectivity index (χ1v) is 19.7. The van der Waals surface area contributed by atoms with Gasteiger partial charge in [0.2, 0.25) is 0 Å². The second kappa shape index (κ2) is 30.2. The third kappa shape index (κ3) is 32.9. The van der Waals surface area contributed by atoms with E-state index in [1.165, 1.54) is 89.9 Å². The van der Waals surface area contributed by atoms with Crippen molar-refractivity contribution < 1.29 is 38.2 Å². The SMILES string of the molecule is CC(C)CCCCCCCCCCCC(=O)OC[C@H](COCC(C[N+](C)(C)C)C(=O)[O-])OC(=O)CCCCCCCCCCCC(C)C. The van der Waals surface area contributed by atoms with Crippen molar-refractivity contribution in [2.24, 2.45) is 17.8 Å². The number of aliphatic carboxylic acids is 1. The molecule has 8 heteroatoms. The van der Waals surface area contributed by atoms with Crippen LogP contribution in [0.15, 0.2) is 0 Å². The topological polar surface area (TPSA) is 102 Å². The van der Waals surface area contributed by atoms with Crippen LogP contribution in [0, 0.1) is 17.8 Å². The minimum Gasteiger partial charge on any atom is -0.550 e. The minimum absolute atomic E-state index is 0.0332. The van der Waals surface area contributed by atoms with E-state index < -0.39 is 18.0 Å². The van der Waals surface area contributed by atoms with Crippen molar-refractivity contribution in [3.05, 3.63) is 0 Å². The van der Waals surface area contributed by atoms with Crippen LogP contribution in [0.4, 0.5) is 0 Å². The number of rotatable bonds is 34. The molecule has 0 aromatic carbocycles. The standard InChI is InChI=1S/C40H77NO7/c1-34(2)26-22-18-14-10-8-12-16-20-24-28-38(42)47-33-37(32-46-31-36(40(44)45)30-41(5,6)7)48-39(43)29-25-21-17-13-9-11-15-19-23-27-35(3)4/h34-37H,8-33H2,1-7H3/t36?,37-/m0/s1. The van der Waals surface area contributed by atoms with E-state index in [1.807, 2.05) is 21.1 Å². The minimum atomic E-state index is -1.17. The van der Waals surface area contributed by atoms with Gasteiger partial charge >= 0.3 is 11.9 Å². The number of carbonyl (C=O) groups excluding carboxylic acids is 3. The van der Waals surface area contributed by atoms with E-state index in [0.717, 1.165) is 50.4 Å². The summed E-state index contributed by atoms with van der Waals surface area (Å²) in [6, 6.07) is 0. The molecule has 0 saturated heterocycles. The van der Waals surface area contributed by atoms with Gasteiger partial charge in [0, 0.05) is 12.8 Å². The van der Waals surface area contributed by atoms with Crippen molar-refractivity contribution in [1.82, 2.24) is 0 Å². The summed E-state index contributed by atoms with van der Waals surface area (Å²) in [7, 11) is 5.72. The van der Waals surface area contributed by atoms with Crippen molar-refractivity contribution in [2.45, 2.75) is 175 Å². The number of ether oxygens (including phenoxy) is 3. The van der Waals surface area contributed by atoms with Crippen LogP contribution in [0.5, 0.6) is 0 Å². The fourth-order valence-electron chi connectivity index (χ4n) is 5.94. The first kappa shape index (κ1) is 46.3. The summed E-state index contributed by atoms with van der Waals surface area (Å²) in [6.45, 7) is 9.28. The van der Waals surface area contributed by atoms with Crippen LogP contribution in [0.1, 0.15) is 169 Å². The van der Waals surface area contributed by atoms with Crippen LogP contribution in [0.2, 0.25) is 0 Å². The van der Waals surface area contributed by atoms with Crippen LogP contribution < -0.4 is 5.11 Å². The monoisotopic (exact) mass is 684 g/mol. The predicted molar refractivity (Wildman–Crippen MR) is 194 cm³/mol. The maximum atomic E-state index is 12.6. The molecule has 0 aromatic heterocycles. The highest BCUT2D eigenvalue weighted by Gasteiger charge is 2.22. The molecule has 0 aromatic rings. The van der Waals surface area contributed by atoms with Gasteiger partial charge in [0.1, 0.15) is 6.61 Å². The molecular weight excluding hydrogens is 606 g/mol. The van der Waals surface area contributed by atoms with Crippen LogP contribution in [-0.2, 0) is 28.6 Å².